The number of carbonyl (C=O) groups is 2. The third kappa shape index (κ3) is 5.81. The van der Waals surface area contributed by atoms with Crippen LogP contribution in [0.2, 0.25) is 5.02 Å². The SMILES string of the molecule is CCOc1ccc(Cl)c(/C(O)=C2\C(=O)C(=O)N(c3ccc(C(C)(C)C)cc3)C2c2ccc(OC(C)C)cc2)c1. The molecule has 1 saturated heterocycles. The molecule has 1 N–H and O–H groups in total. The van der Waals surface area contributed by atoms with Crippen LogP contribution in [-0.2, 0) is 15.0 Å². The van der Waals surface area contributed by atoms with Crippen molar-refractivity contribution >= 4 is 34.7 Å². The number of amides is 1. The molecule has 0 bridgehead atoms. The Morgan fingerprint density at radius 1 is 0.974 bits per heavy atom. The molecule has 7 heteroatoms. The number of carbonyl (C=O) groups excluding carboxylic acids is 2. The fraction of sp³-hybridized carbons (Fsp3) is 0.312. The smallest absolute Gasteiger partial charge is 0.300 e. The maximum atomic E-state index is 13.5. The number of hydrogen-bond acceptors (Lipinski definition) is 5. The van der Waals surface area contributed by atoms with Gasteiger partial charge in [0, 0.05) is 11.3 Å². The summed E-state index contributed by atoms with van der Waals surface area (Å²) < 4.78 is 11.4. The van der Waals surface area contributed by atoms with Crippen molar-refractivity contribution in [3.8, 4) is 11.5 Å². The molecule has 39 heavy (non-hydrogen) atoms. The highest BCUT2D eigenvalue weighted by molar-refractivity contribution is 6.52. The minimum absolute atomic E-state index is 0.0115. The zero-order chi connectivity index (χ0) is 28.5. The second-order valence-electron chi connectivity index (χ2n) is 10.8. The number of aliphatic hydroxyl groups is 1. The fourth-order valence-electron chi connectivity index (χ4n) is 4.62. The number of ketones is 1. The van der Waals surface area contributed by atoms with E-state index in [-0.39, 0.29) is 33.4 Å². The van der Waals surface area contributed by atoms with Crippen molar-refractivity contribution in [1.82, 2.24) is 0 Å². The first-order valence-electron chi connectivity index (χ1n) is 13.0. The summed E-state index contributed by atoms with van der Waals surface area (Å²) in [4.78, 5) is 28.5. The molecular weight excluding hydrogens is 514 g/mol. The molecule has 204 valence electrons. The highest BCUT2D eigenvalue weighted by Gasteiger charge is 2.47. The Bertz CT molecular complexity index is 1400. The predicted molar refractivity (Wildman–Crippen MR) is 155 cm³/mol. The number of hydrogen-bond donors (Lipinski definition) is 1. The number of halogens is 1. The van der Waals surface area contributed by atoms with Crippen LogP contribution in [0.5, 0.6) is 11.5 Å². The molecule has 3 aromatic carbocycles. The van der Waals surface area contributed by atoms with Crippen molar-refractivity contribution in [2.75, 3.05) is 11.5 Å². The van der Waals surface area contributed by atoms with Crippen molar-refractivity contribution in [2.24, 2.45) is 0 Å². The highest BCUT2D eigenvalue weighted by atomic mass is 35.5. The van der Waals surface area contributed by atoms with Crippen molar-refractivity contribution in [1.29, 1.82) is 0 Å². The molecule has 1 aliphatic rings. The molecule has 1 unspecified atom stereocenters. The van der Waals surface area contributed by atoms with E-state index >= 15 is 0 Å². The van der Waals surface area contributed by atoms with Crippen LogP contribution in [0.4, 0.5) is 5.69 Å². The van der Waals surface area contributed by atoms with Crippen LogP contribution in [-0.4, -0.2) is 29.5 Å². The van der Waals surface area contributed by atoms with Crippen LogP contribution < -0.4 is 14.4 Å². The number of rotatable bonds is 7. The molecule has 0 aliphatic carbocycles. The Morgan fingerprint density at radius 3 is 2.15 bits per heavy atom. The summed E-state index contributed by atoms with van der Waals surface area (Å²) >= 11 is 6.45. The van der Waals surface area contributed by atoms with Crippen molar-refractivity contribution in [3.05, 3.63) is 94.0 Å². The lowest BCUT2D eigenvalue weighted by Crippen LogP contribution is -2.29. The lowest BCUT2D eigenvalue weighted by molar-refractivity contribution is -0.132. The third-order valence-electron chi connectivity index (χ3n) is 6.53. The number of benzene rings is 3. The Hall–Kier alpha value is -3.77. The molecule has 1 aliphatic heterocycles. The first-order valence-corrected chi connectivity index (χ1v) is 13.4. The molecule has 0 aromatic heterocycles. The van der Waals surface area contributed by atoms with Crippen LogP contribution in [0.1, 0.15) is 64.3 Å². The van der Waals surface area contributed by atoms with Gasteiger partial charge in [0.05, 0.1) is 29.3 Å². The van der Waals surface area contributed by atoms with E-state index in [2.05, 4.69) is 20.8 Å². The molecule has 1 atom stereocenters. The van der Waals surface area contributed by atoms with Crippen LogP contribution in [0.15, 0.2) is 72.3 Å². The van der Waals surface area contributed by atoms with Crippen LogP contribution in [0, 0.1) is 0 Å². The van der Waals surface area contributed by atoms with Crippen LogP contribution in [0.3, 0.4) is 0 Å². The molecule has 6 nitrogen and oxygen atoms in total. The summed E-state index contributed by atoms with van der Waals surface area (Å²) in [5, 5.41) is 11.8. The van der Waals surface area contributed by atoms with Gasteiger partial charge in [-0.2, -0.15) is 0 Å². The van der Waals surface area contributed by atoms with E-state index in [9.17, 15) is 14.7 Å². The largest absolute Gasteiger partial charge is 0.507 e. The lowest BCUT2D eigenvalue weighted by atomic mass is 9.87. The molecule has 3 aromatic rings. The van der Waals surface area contributed by atoms with Gasteiger partial charge in [0.25, 0.3) is 11.7 Å². The average molecular weight is 548 g/mol. The van der Waals surface area contributed by atoms with Gasteiger partial charge in [-0.25, -0.2) is 0 Å². The van der Waals surface area contributed by atoms with E-state index in [0.29, 0.717) is 29.4 Å². The summed E-state index contributed by atoms with van der Waals surface area (Å²) in [5.41, 5.74) is 2.37. The monoisotopic (exact) mass is 547 g/mol. The van der Waals surface area contributed by atoms with Crippen LogP contribution >= 0.6 is 11.6 Å². The molecule has 0 spiro atoms. The number of Topliss-reactive ketones (excluding diaryl/α,β-unsaturated/α-hetero) is 1. The second-order valence-corrected chi connectivity index (χ2v) is 11.2. The summed E-state index contributed by atoms with van der Waals surface area (Å²) in [6.07, 6.45) is -0.0115. The van der Waals surface area contributed by atoms with Gasteiger partial charge in [-0.05, 0) is 79.8 Å². The zero-order valence-electron chi connectivity index (χ0n) is 23.1. The van der Waals surface area contributed by atoms with E-state index < -0.39 is 17.7 Å². The summed E-state index contributed by atoms with van der Waals surface area (Å²) in [6.45, 7) is 12.5. The van der Waals surface area contributed by atoms with E-state index in [1.54, 1.807) is 42.5 Å². The van der Waals surface area contributed by atoms with E-state index in [4.69, 9.17) is 21.1 Å². The number of nitrogens with zero attached hydrogens (tertiary/aromatic N) is 1. The average Bonchev–Trinajstić information content (AvgIpc) is 3.15. The van der Waals surface area contributed by atoms with Crippen molar-refractivity contribution < 1.29 is 24.2 Å². The second kappa shape index (κ2) is 11.1. The Kier molecular flexibility index (Phi) is 8.07. The summed E-state index contributed by atoms with van der Waals surface area (Å²) in [7, 11) is 0. The molecule has 4 rings (SSSR count). The minimum atomic E-state index is -0.884. The molecule has 1 heterocycles. The van der Waals surface area contributed by atoms with Crippen LogP contribution in [0.25, 0.3) is 5.76 Å². The first kappa shape index (κ1) is 28.2. The topological polar surface area (TPSA) is 76.1 Å². The molecule has 0 radical (unpaired) electrons. The van der Waals surface area contributed by atoms with E-state index in [1.807, 2.05) is 45.0 Å². The van der Waals surface area contributed by atoms with E-state index in [1.165, 1.54) is 4.90 Å². The maximum Gasteiger partial charge on any atom is 0.300 e. The fourth-order valence-corrected chi connectivity index (χ4v) is 4.83. The zero-order valence-corrected chi connectivity index (χ0v) is 23.9. The molecule has 0 saturated carbocycles. The van der Waals surface area contributed by atoms with Gasteiger partial charge in [0.15, 0.2) is 0 Å². The Labute approximate surface area is 234 Å². The normalized spacial score (nSPS) is 17.1. The molecule has 1 amide bonds. The van der Waals surface area contributed by atoms with Gasteiger partial charge in [-0.3, -0.25) is 14.5 Å². The first-order chi connectivity index (χ1) is 18.4. The quantitative estimate of drug-likeness (QED) is 0.189. The van der Waals surface area contributed by atoms with Gasteiger partial charge < -0.3 is 14.6 Å². The highest BCUT2D eigenvalue weighted by Crippen LogP contribution is 2.44. The van der Waals surface area contributed by atoms with Gasteiger partial charge in [-0.1, -0.05) is 56.6 Å². The number of aliphatic hydroxyl groups excluding tert-OH is 1. The van der Waals surface area contributed by atoms with Gasteiger partial charge in [0.1, 0.15) is 17.3 Å². The van der Waals surface area contributed by atoms with Crippen molar-refractivity contribution in [2.45, 2.75) is 59.1 Å². The van der Waals surface area contributed by atoms with E-state index in [0.717, 1.165) is 5.56 Å². The summed E-state index contributed by atoms with van der Waals surface area (Å²) in [5.74, 6) is -0.737. The minimum Gasteiger partial charge on any atom is -0.507 e. The van der Waals surface area contributed by atoms with Gasteiger partial charge >= 0.3 is 0 Å². The molecule has 1 fully saturated rings. The Balaban J connectivity index is 1.90. The number of anilines is 1. The van der Waals surface area contributed by atoms with Gasteiger partial charge in [0.2, 0.25) is 0 Å². The number of ether oxygens (including phenoxy) is 2. The summed E-state index contributed by atoms with van der Waals surface area (Å²) in [6, 6.07) is 18.7. The predicted octanol–water partition coefficient (Wildman–Crippen LogP) is 7.45. The Morgan fingerprint density at radius 2 is 1.59 bits per heavy atom. The maximum absolute atomic E-state index is 13.5. The standard InChI is InChI=1S/C32H34ClNO5/c1-7-38-24-16-17-26(33)25(18-24)29(35)27-28(20-8-14-23(15-9-20)39-19(2)3)34(31(37)30(27)36)22-12-10-21(11-13-22)32(4,5)6/h8-19,28,35H,7H2,1-6H3/b29-27+. The third-order valence-corrected chi connectivity index (χ3v) is 6.86. The lowest BCUT2D eigenvalue weighted by Gasteiger charge is -2.27. The van der Waals surface area contributed by atoms with Crippen molar-refractivity contribution in [3.63, 3.8) is 0 Å². The van der Waals surface area contributed by atoms with Gasteiger partial charge in [-0.15, -0.1) is 0 Å². The molecular formula is C32H34ClNO5.